The Labute approximate surface area is 149 Å². The fraction of sp³-hybridized carbons (Fsp3) is 0.368. The molecule has 2 N–H and O–H groups in total. The van der Waals surface area contributed by atoms with Crippen LogP contribution in [-0.2, 0) is 0 Å². The van der Waals surface area contributed by atoms with E-state index in [4.69, 9.17) is 0 Å². The van der Waals surface area contributed by atoms with Gasteiger partial charge in [0.25, 0.3) is 6.43 Å². The van der Waals surface area contributed by atoms with Gasteiger partial charge in [-0.25, -0.2) is 18.7 Å². The van der Waals surface area contributed by atoms with Gasteiger partial charge < -0.3 is 10.6 Å². The molecule has 1 aliphatic heterocycles. The van der Waals surface area contributed by atoms with Gasteiger partial charge in [0, 0.05) is 30.9 Å². The first-order chi connectivity index (χ1) is 12.6. The van der Waals surface area contributed by atoms with Crippen LogP contribution >= 0.6 is 0 Å². The van der Waals surface area contributed by atoms with E-state index in [1.54, 1.807) is 16.7 Å². The number of fused-ring (bicyclic) bond motifs is 1. The summed E-state index contributed by atoms with van der Waals surface area (Å²) in [6.45, 7) is 2.24. The molecule has 134 valence electrons. The predicted octanol–water partition coefficient (Wildman–Crippen LogP) is 3.50. The number of nitrogens with zero attached hydrogens (tertiary/aromatic N) is 3. The summed E-state index contributed by atoms with van der Waals surface area (Å²) in [6.07, 6.45) is 2.93. The second-order valence-electron chi connectivity index (χ2n) is 7.40. The Balaban J connectivity index is 1.41. The molecule has 0 amide bonds. The highest BCUT2D eigenvalue weighted by Crippen LogP contribution is 2.45. The molecule has 2 aliphatic rings. The van der Waals surface area contributed by atoms with Crippen molar-refractivity contribution in [2.75, 3.05) is 18.4 Å². The smallest absolute Gasteiger partial charge is 0.265 e. The number of rotatable bonds is 4. The van der Waals surface area contributed by atoms with Crippen LogP contribution in [0.25, 0.3) is 17.0 Å². The highest BCUT2D eigenvalue weighted by Gasteiger charge is 2.48. The van der Waals surface area contributed by atoms with Crippen molar-refractivity contribution in [3.63, 3.8) is 0 Å². The third kappa shape index (κ3) is 2.54. The molecule has 0 unspecified atom stereocenters. The number of imidazole rings is 1. The topological polar surface area (TPSA) is 54.2 Å². The van der Waals surface area contributed by atoms with E-state index in [1.165, 1.54) is 25.1 Å². The van der Waals surface area contributed by atoms with E-state index >= 15 is 0 Å². The number of hydrogen-bond acceptors (Lipinski definition) is 4. The summed E-state index contributed by atoms with van der Waals surface area (Å²) < 4.78 is 27.7. The van der Waals surface area contributed by atoms with Crippen LogP contribution in [0.15, 0.2) is 42.7 Å². The van der Waals surface area contributed by atoms with Gasteiger partial charge in [-0.2, -0.15) is 0 Å². The summed E-state index contributed by atoms with van der Waals surface area (Å²) in [5.74, 6) is 0.814. The van der Waals surface area contributed by atoms with Gasteiger partial charge in [-0.15, -0.1) is 0 Å². The second-order valence-corrected chi connectivity index (χ2v) is 7.40. The van der Waals surface area contributed by atoms with Crippen molar-refractivity contribution < 1.29 is 8.78 Å². The lowest BCUT2D eigenvalue weighted by atomic mass is 9.62. The van der Waals surface area contributed by atoms with Gasteiger partial charge in [-0.1, -0.05) is 6.07 Å². The molecule has 0 atom stereocenters. The Kier molecular flexibility index (Phi) is 3.46. The van der Waals surface area contributed by atoms with Crippen molar-refractivity contribution >= 4 is 11.5 Å². The Morgan fingerprint density at radius 3 is 2.77 bits per heavy atom. The van der Waals surface area contributed by atoms with E-state index in [-0.39, 0.29) is 5.56 Å². The van der Waals surface area contributed by atoms with Gasteiger partial charge in [-0.3, -0.25) is 4.40 Å². The monoisotopic (exact) mass is 355 g/mol. The Morgan fingerprint density at radius 2 is 2.04 bits per heavy atom. The standard InChI is InChI=1S/C19H19F2N5/c20-18(21)12-4-5-17-23-8-15(26(17)9-12)14-2-1-3-16(25-14)24-13-6-19(7-13)10-22-11-19/h1-5,8-9,13,18,22H,6-7,10-11H2,(H,24,25). The lowest BCUT2D eigenvalue weighted by molar-refractivity contribution is 0.0469. The van der Waals surface area contributed by atoms with Gasteiger partial charge in [0.1, 0.15) is 11.5 Å². The second kappa shape index (κ2) is 5.74. The van der Waals surface area contributed by atoms with E-state index < -0.39 is 6.43 Å². The van der Waals surface area contributed by atoms with E-state index in [0.717, 1.165) is 18.9 Å². The minimum Gasteiger partial charge on any atom is -0.367 e. The quantitative estimate of drug-likeness (QED) is 0.752. The van der Waals surface area contributed by atoms with Crippen molar-refractivity contribution in [1.29, 1.82) is 0 Å². The zero-order chi connectivity index (χ0) is 17.7. The van der Waals surface area contributed by atoms with Gasteiger partial charge >= 0.3 is 0 Å². The SMILES string of the molecule is FC(F)c1ccc2ncc(-c3cccc(NC4CC5(CNC5)C4)n3)n2c1. The molecule has 7 heteroatoms. The molecule has 4 heterocycles. The number of pyridine rings is 2. The minimum absolute atomic E-state index is 0.0279. The lowest BCUT2D eigenvalue weighted by Crippen LogP contribution is -2.63. The molecule has 2 fully saturated rings. The first kappa shape index (κ1) is 15.7. The van der Waals surface area contributed by atoms with Crippen molar-refractivity contribution in [3.8, 4) is 11.4 Å². The maximum atomic E-state index is 13.0. The van der Waals surface area contributed by atoms with Crippen molar-refractivity contribution in [3.05, 3.63) is 48.3 Å². The number of anilines is 1. The van der Waals surface area contributed by atoms with Crippen LogP contribution in [0.1, 0.15) is 24.8 Å². The van der Waals surface area contributed by atoms with Gasteiger partial charge in [-0.05, 0) is 42.5 Å². The number of hydrogen-bond donors (Lipinski definition) is 2. The van der Waals surface area contributed by atoms with Gasteiger partial charge in [0.2, 0.25) is 0 Å². The molecule has 5 rings (SSSR count). The highest BCUT2D eigenvalue weighted by molar-refractivity contribution is 5.62. The van der Waals surface area contributed by atoms with Crippen LogP contribution in [0.2, 0.25) is 0 Å². The average Bonchev–Trinajstić information content (AvgIpc) is 2.99. The molecule has 26 heavy (non-hydrogen) atoms. The third-order valence-electron chi connectivity index (χ3n) is 5.50. The zero-order valence-corrected chi connectivity index (χ0v) is 14.1. The van der Waals surface area contributed by atoms with Crippen LogP contribution in [0.3, 0.4) is 0 Å². The normalized spacial score (nSPS) is 18.9. The van der Waals surface area contributed by atoms with E-state index in [2.05, 4.69) is 20.6 Å². The molecule has 5 nitrogen and oxygen atoms in total. The number of nitrogens with one attached hydrogen (secondary N) is 2. The molecule has 1 spiro atoms. The van der Waals surface area contributed by atoms with Crippen molar-refractivity contribution in [1.82, 2.24) is 19.7 Å². The number of aromatic nitrogens is 3. The Hall–Kier alpha value is -2.54. The first-order valence-electron chi connectivity index (χ1n) is 8.82. The largest absolute Gasteiger partial charge is 0.367 e. The molecule has 3 aromatic rings. The molecule has 1 aliphatic carbocycles. The first-order valence-corrected chi connectivity index (χ1v) is 8.82. The predicted molar refractivity (Wildman–Crippen MR) is 95.3 cm³/mol. The summed E-state index contributed by atoms with van der Waals surface area (Å²) in [5.41, 5.74) is 2.53. The van der Waals surface area contributed by atoms with Gasteiger partial charge in [0.05, 0.1) is 17.6 Å². The Bertz CT molecular complexity index is 955. The van der Waals surface area contributed by atoms with Crippen molar-refractivity contribution in [2.24, 2.45) is 5.41 Å². The lowest BCUT2D eigenvalue weighted by Gasteiger charge is -2.54. The van der Waals surface area contributed by atoms with Crippen LogP contribution in [0, 0.1) is 5.41 Å². The number of alkyl halides is 2. The van der Waals surface area contributed by atoms with Crippen molar-refractivity contribution in [2.45, 2.75) is 25.3 Å². The molecule has 0 aromatic carbocycles. The summed E-state index contributed by atoms with van der Waals surface area (Å²) in [7, 11) is 0. The fourth-order valence-electron chi connectivity index (χ4n) is 4.04. The molecule has 1 saturated heterocycles. The van der Waals surface area contributed by atoms with Crippen LogP contribution in [-0.4, -0.2) is 33.5 Å². The van der Waals surface area contributed by atoms with E-state index in [9.17, 15) is 8.78 Å². The fourth-order valence-corrected chi connectivity index (χ4v) is 4.04. The maximum Gasteiger partial charge on any atom is 0.265 e. The summed E-state index contributed by atoms with van der Waals surface area (Å²) in [6, 6.07) is 9.22. The average molecular weight is 355 g/mol. The minimum atomic E-state index is -2.51. The molecule has 1 saturated carbocycles. The molecule has 3 aromatic heterocycles. The maximum absolute atomic E-state index is 13.0. The van der Waals surface area contributed by atoms with Crippen LogP contribution in [0.4, 0.5) is 14.6 Å². The van der Waals surface area contributed by atoms with Crippen LogP contribution < -0.4 is 10.6 Å². The Morgan fingerprint density at radius 1 is 1.19 bits per heavy atom. The molecular formula is C19H19F2N5. The van der Waals surface area contributed by atoms with Crippen LogP contribution in [0.5, 0.6) is 0 Å². The van der Waals surface area contributed by atoms with E-state index in [0.29, 0.717) is 28.5 Å². The summed E-state index contributed by atoms with van der Waals surface area (Å²) in [4.78, 5) is 8.98. The molecule has 0 bridgehead atoms. The zero-order valence-electron chi connectivity index (χ0n) is 14.1. The summed E-state index contributed by atoms with van der Waals surface area (Å²) >= 11 is 0. The molecule has 0 radical (unpaired) electrons. The van der Waals surface area contributed by atoms with E-state index in [1.807, 2.05) is 18.2 Å². The molecular weight excluding hydrogens is 336 g/mol. The summed E-state index contributed by atoms with van der Waals surface area (Å²) in [5, 5.41) is 6.83. The highest BCUT2D eigenvalue weighted by atomic mass is 19.3. The third-order valence-corrected chi connectivity index (χ3v) is 5.50. The number of halogens is 2. The van der Waals surface area contributed by atoms with Gasteiger partial charge in [0.15, 0.2) is 0 Å².